The summed E-state index contributed by atoms with van der Waals surface area (Å²) < 4.78 is 12.2. The molecule has 0 atom stereocenters. The van der Waals surface area contributed by atoms with Crippen molar-refractivity contribution in [2.75, 3.05) is 0 Å². The smallest absolute Gasteiger partial charge is 0.293 e. The van der Waals surface area contributed by atoms with E-state index in [4.69, 9.17) is 14.7 Å². The van der Waals surface area contributed by atoms with E-state index >= 15 is 0 Å². The lowest BCUT2D eigenvalue weighted by Crippen LogP contribution is -2.20. The first-order valence-electron chi connectivity index (χ1n) is 7.41. The van der Waals surface area contributed by atoms with Crippen LogP contribution in [0.2, 0.25) is 0 Å². The minimum Gasteiger partial charge on any atom is -0.459 e. The van der Waals surface area contributed by atoms with E-state index in [1.54, 1.807) is 23.0 Å². The summed E-state index contributed by atoms with van der Waals surface area (Å²) in [5.74, 6) is 2.57. The second-order valence-electron chi connectivity index (χ2n) is 5.45. The molecule has 4 rings (SSSR count). The maximum absolute atomic E-state index is 11.3. The highest BCUT2D eigenvalue weighted by Crippen LogP contribution is 2.40. The normalized spacial score (nSPS) is 14.2. The Hall–Kier alpha value is -2.62. The minimum atomic E-state index is -0.418. The number of primary amides is 1. The molecule has 1 amide bonds. The first-order chi connectivity index (χ1) is 11.7. The number of hydrogen-bond acceptors (Lipinski definition) is 8. The van der Waals surface area contributed by atoms with Gasteiger partial charge in [-0.1, -0.05) is 16.9 Å². The first-order valence-corrected chi connectivity index (χ1v) is 8.40. The molecule has 24 heavy (non-hydrogen) atoms. The summed E-state index contributed by atoms with van der Waals surface area (Å²) in [6.07, 6.45) is 3.68. The van der Waals surface area contributed by atoms with E-state index in [0.717, 1.165) is 18.7 Å². The van der Waals surface area contributed by atoms with Crippen molar-refractivity contribution < 1.29 is 13.7 Å². The lowest BCUT2D eigenvalue weighted by atomic mass is 10.4. The van der Waals surface area contributed by atoms with Gasteiger partial charge in [0.15, 0.2) is 16.7 Å². The molecule has 1 fully saturated rings. The van der Waals surface area contributed by atoms with Crippen LogP contribution in [0, 0.1) is 0 Å². The molecule has 1 saturated carbocycles. The number of carbonyl (C=O) groups excluding carboxylic acids is 1. The highest BCUT2D eigenvalue weighted by molar-refractivity contribution is 7.98. The summed E-state index contributed by atoms with van der Waals surface area (Å²) in [7, 11) is 0. The number of thioether (sulfide) groups is 1. The Kier molecular flexibility index (Phi) is 3.81. The van der Waals surface area contributed by atoms with Gasteiger partial charge in [-0.25, -0.2) is 0 Å². The van der Waals surface area contributed by atoms with Crippen LogP contribution in [0.1, 0.15) is 30.4 Å². The summed E-state index contributed by atoms with van der Waals surface area (Å²) in [5.41, 5.74) is 5.33. The number of amides is 1. The van der Waals surface area contributed by atoms with Crippen LogP contribution in [0.15, 0.2) is 32.5 Å². The molecule has 0 radical (unpaired) electrons. The second kappa shape index (κ2) is 6.11. The predicted molar refractivity (Wildman–Crippen MR) is 82.8 cm³/mol. The number of aromatic nitrogens is 5. The molecule has 9 nitrogen and oxygen atoms in total. The molecule has 1 aliphatic rings. The van der Waals surface area contributed by atoms with Crippen LogP contribution >= 0.6 is 11.8 Å². The Morgan fingerprint density at radius 1 is 1.42 bits per heavy atom. The Labute approximate surface area is 140 Å². The lowest BCUT2D eigenvalue weighted by Gasteiger charge is -2.06. The summed E-state index contributed by atoms with van der Waals surface area (Å²) in [5, 5.41) is 12.9. The van der Waals surface area contributed by atoms with Gasteiger partial charge in [0.25, 0.3) is 5.89 Å². The Bertz CT molecular complexity index is 852. The highest BCUT2D eigenvalue weighted by Gasteiger charge is 2.31. The van der Waals surface area contributed by atoms with Crippen molar-refractivity contribution >= 4 is 17.7 Å². The first kappa shape index (κ1) is 14.9. The molecule has 0 bridgehead atoms. The van der Waals surface area contributed by atoms with Gasteiger partial charge in [-0.2, -0.15) is 4.98 Å². The molecule has 3 aromatic rings. The molecule has 0 aromatic carbocycles. The van der Waals surface area contributed by atoms with Crippen molar-refractivity contribution in [3.63, 3.8) is 0 Å². The van der Waals surface area contributed by atoms with E-state index in [9.17, 15) is 4.79 Å². The van der Waals surface area contributed by atoms with E-state index in [1.165, 1.54) is 11.8 Å². The van der Waals surface area contributed by atoms with Crippen LogP contribution < -0.4 is 5.73 Å². The highest BCUT2D eigenvalue weighted by atomic mass is 32.2. The summed E-state index contributed by atoms with van der Waals surface area (Å²) in [6.45, 7) is 0.0745. The molecular weight excluding hydrogens is 332 g/mol. The van der Waals surface area contributed by atoms with Gasteiger partial charge >= 0.3 is 0 Å². The van der Waals surface area contributed by atoms with Crippen LogP contribution in [-0.4, -0.2) is 30.8 Å². The van der Waals surface area contributed by atoms with Crippen molar-refractivity contribution in [2.24, 2.45) is 5.73 Å². The van der Waals surface area contributed by atoms with Crippen molar-refractivity contribution in [3.05, 3.63) is 30.0 Å². The second-order valence-corrected chi connectivity index (χ2v) is 6.39. The fourth-order valence-electron chi connectivity index (χ4n) is 2.30. The van der Waals surface area contributed by atoms with Gasteiger partial charge in [-0.05, 0) is 25.0 Å². The van der Waals surface area contributed by atoms with E-state index in [-0.39, 0.29) is 6.54 Å². The average molecular weight is 346 g/mol. The van der Waals surface area contributed by atoms with Crippen LogP contribution in [0.5, 0.6) is 0 Å². The molecule has 0 unspecified atom stereocenters. The quantitative estimate of drug-likeness (QED) is 0.639. The molecule has 0 aliphatic heterocycles. The lowest BCUT2D eigenvalue weighted by molar-refractivity contribution is -0.118. The largest absolute Gasteiger partial charge is 0.459 e. The standard InChI is InChI=1S/C14H14N6O3S/c15-10(21)6-20-12(8-3-4-8)17-18-14(20)24-7-11-16-13(23-19-11)9-2-1-5-22-9/h1-2,5,8H,3-4,6-7H2,(H2,15,21). The molecule has 124 valence electrons. The minimum absolute atomic E-state index is 0.0745. The van der Waals surface area contributed by atoms with Gasteiger partial charge in [0, 0.05) is 5.92 Å². The molecular formula is C14H14N6O3S. The van der Waals surface area contributed by atoms with Gasteiger partial charge in [-0.3, -0.25) is 9.36 Å². The molecule has 2 N–H and O–H groups in total. The van der Waals surface area contributed by atoms with Gasteiger partial charge in [0.2, 0.25) is 5.91 Å². The number of nitrogens with zero attached hydrogens (tertiary/aromatic N) is 5. The SMILES string of the molecule is NC(=O)Cn1c(SCc2noc(-c3ccco3)n2)nnc1C1CC1. The Balaban J connectivity index is 1.48. The average Bonchev–Trinajstić information content (AvgIpc) is 2.98. The summed E-state index contributed by atoms with van der Waals surface area (Å²) in [4.78, 5) is 15.6. The number of nitrogens with two attached hydrogens (primary N) is 1. The van der Waals surface area contributed by atoms with Crippen LogP contribution in [0.4, 0.5) is 0 Å². The summed E-state index contributed by atoms with van der Waals surface area (Å²) >= 11 is 1.38. The number of carbonyl (C=O) groups is 1. The third kappa shape index (κ3) is 3.04. The molecule has 0 spiro atoms. The van der Waals surface area contributed by atoms with E-state index in [1.807, 2.05) is 0 Å². The van der Waals surface area contributed by atoms with Crippen molar-refractivity contribution in [2.45, 2.75) is 36.2 Å². The van der Waals surface area contributed by atoms with Gasteiger partial charge in [0.05, 0.1) is 12.0 Å². The number of furan rings is 1. The molecule has 3 aromatic heterocycles. The van der Waals surface area contributed by atoms with E-state index in [0.29, 0.717) is 34.3 Å². The predicted octanol–water partition coefficient (Wildman–Crippen LogP) is 1.58. The van der Waals surface area contributed by atoms with Crippen molar-refractivity contribution in [1.82, 2.24) is 24.9 Å². The van der Waals surface area contributed by atoms with E-state index < -0.39 is 5.91 Å². The third-order valence-corrected chi connectivity index (χ3v) is 4.50. The zero-order valence-electron chi connectivity index (χ0n) is 12.6. The van der Waals surface area contributed by atoms with Gasteiger partial charge < -0.3 is 14.7 Å². The van der Waals surface area contributed by atoms with Crippen LogP contribution in [-0.2, 0) is 17.1 Å². The Morgan fingerprint density at radius 3 is 3.00 bits per heavy atom. The molecule has 1 aliphatic carbocycles. The molecule has 10 heteroatoms. The van der Waals surface area contributed by atoms with Crippen LogP contribution in [0.3, 0.4) is 0 Å². The maximum Gasteiger partial charge on any atom is 0.293 e. The Morgan fingerprint density at radius 2 is 2.29 bits per heavy atom. The maximum atomic E-state index is 11.3. The fourth-order valence-corrected chi connectivity index (χ4v) is 3.08. The summed E-state index contributed by atoms with van der Waals surface area (Å²) in [6, 6.07) is 3.50. The topological polar surface area (TPSA) is 126 Å². The van der Waals surface area contributed by atoms with Crippen molar-refractivity contribution in [1.29, 1.82) is 0 Å². The number of hydrogen-bond donors (Lipinski definition) is 1. The van der Waals surface area contributed by atoms with Gasteiger partial charge in [-0.15, -0.1) is 10.2 Å². The fraction of sp³-hybridized carbons (Fsp3) is 0.357. The molecule has 3 heterocycles. The third-order valence-electron chi connectivity index (χ3n) is 3.53. The van der Waals surface area contributed by atoms with Crippen LogP contribution in [0.25, 0.3) is 11.7 Å². The van der Waals surface area contributed by atoms with E-state index in [2.05, 4.69) is 20.3 Å². The molecule has 0 saturated heterocycles. The zero-order chi connectivity index (χ0) is 16.5. The zero-order valence-corrected chi connectivity index (χ0v) is 13.4. The van der Waals surface area contributed by atoms with Crippen molar-refractivity contribution in [3.8, 4) is 11.7 Å². The number of rotatable bonds is 7. The van der Waals surface area contributed by atoms with Gasteiger partial charge in [0.1, 0.15) is 12.4 Å². The monoisotopic (exact) mass is 346 g/mol.